The first-order chi connectivity index (χ1) is 11.2. The minimum absolute atomic E-state index is 0.298. The maximum atomic E-state index is 11.6. The van der Waals surface area contributed by atoms with E-state index >= 15 is 0 Å². The van der Waals surface area contributed by atoms with E-state index in [-0.39, 0.29) is 0 Å². The number of methoxy groups -OCH3 is 1. The van der Waals surface area contributed by atoms with Gasteiger partial charge in [0.15, 0.2) is 5.69 Å². The highest BCUT2D eigenvalue weighted by Crippen LogP contribution is 2.25. The van der Waals surface area contributed by atoms with Crippen LogP contribution in [-0.4, -0.2) is 23.0 Å². The Kier molecular flexibility index (Phi) is 4.10. The molecule has 0 atom stereocenters. The van der Waals surface area contributed by atoms with Gasteiger partial charge in [0.25, 0.3) is 0 Å². The molecule has 23 heavy (non-hydrogen) atoms. The summed E-state index contributed by atoms with van der Waals surface area (Å²) in [5, 5.41) is 0. The van der Waals surface area contributed by atoms with Gasteiger partial charge in [-0.05, 0) is 43.3 Å². The molecule has 0 amide bonds. The van der Waals surface area contributed by atoms with Crippen molar-refractivity contribution in [2.24, 2.45) is 0 Å². The number of carbonyl (C=O) groups excluding carboxylic acids is 1. The molecule has 1 aromatic heterocycles. The van der Waals surface area contributed by atoms with Gasteiger partial charge in [-0.1, -0.05) is 18.2 Å². The minimum atomic E-state index is -0.450. The zero-order chi connectivity index (χ0) is 16.2. The molecule has 0 bridgehead atoms. The lowest BCUT2D eigenvalue weighted by Gasteiger charge is -2.05. The number of para-hydroxylation sites is 1. The Morgan fingerprint density at radius 1 is 1.00 bits per heavy atom. The summed E-state index contributed by atoms with van der Waals surface area (Å²) in [4.78, 5) is 19.0. The molecule has 0 aliphatic rings. The van der Waals surface area contributed by atoms with E-state index in [1.165, 1.54) is 7.11 Å². The third kappa shape index (κ3) is 3.23. The first-order valence-electron chi connectivity index (χ1n) is 7.15. The Bertz CT molecular complexity index is 808. The number of benzene rings is 2. The van der Waals surface area contributed by atoms with E-state index in [1.807, 2.05) is 54.6 Å². The number of hydrogen-bond donors (Lipinski definition) is 1. The van der Waals surface area contributed by atoms with Crippen molar-refractivity contribution in [1.82, 2.24) is 9.97 Å². The van der Waals surface area contributed by atoms with Crippen molar-refractivity contribution in [2.75, 3.05) is 7.11 Å². The van der Waals surface area contributed by atoms with Crippen LogP contribution < -0.4 is 4.74 Å². The third-order valence-corrected chi connectivity index (χ3v) is 3.37. The quantitative estimate of drug-likeness (QED) is 0.741. The van der Waals surface area contributed by atoms with Gasteiger partial charge < -0.3 is 14.5 Å². The summed E-state index contributed by atoms with van der Waals surface area (Å²) >= 11 is 0. The van der Waals surface area contributed by atoms with Gasteiger partial charge in [0.05, 0.1) is 7.11 Å². The van der Waals surface area contributed by atoms with Crippen LogP contribution in [0.2, 0.25) is 0 Å². The second-order valence-corrected chi connectivity index (χ2v) is 4.99. The van der Waals surface area contributed by atoms with Crippen molar-refractivity contribution in [3.05, 3.63) is 66.0 Å². The van der Waals surface area contributed by atoms with Gasteiger partial charge in [-0.3, -0.25) is 0 Å². The number of aryl methyl sites for hydroxylation is 1. The molecule has 0 unspecified atom stereocenters. The summed E-state index contributed by atoms with van der Waals surface area (Å²) in [6.07, 6.45) is 0. The van der Waals surface area contributed by atoms with Crippen LogP contribution in [0, 0.1) is 6.92 Å². The molecule has 0 saturated carbocycles. The van der Waals surface area contributed by atoms with Gasteiger partial charge in [0, 0.05) is 11.3 Å². The van der Waals surface area contributed by atoms with Crippen molar-refractivity contribution in [1.29, 1.82) is 0 Å². The number of H-pyrrole nitrogens is 1. The van der Waals surface area contributed by atoms with Crippen molar-refractivity contribution < 1.29 is 14.3 Å². The number of imidazole rings is 1. The fraction of sp³-hybridized carbons (Fsp3) is 0.111. The predicted octanol–water partition coefficient (Wildman–Crippen LogP) is 3.96. The molecule has 0 aliphatic carbocycles. The lowest BCUT2D eigenvalue weighted by atomic mass is 10.2. The molecule has 1 N–H and O–H groups in total. The van der Waals surface area contributed by atoms with E-state index in [1.54, 1.807) is 6.92 Å². The monoisotopic (exact) mass is 308 g/mol. The number of rotatable bonds is 4. The highest BCUT2D eigenvalue weighted by Gasteiger charge is 2.15. The molecule has 116 valence electrons. The number of nitrogens with one attached hydrogen (secondary N) is 1. The first-order valence-corrected chi connectivity index (χ1v) is 7.15. The van der Waals surface area contributed by atoms with Crippen LogP contribution >= 0.6 is 0 Å². The van der Waals surface area contributed by atoms with E-state index in [0.717, 1.165) is 17.1 Å². The zero-order valence-electron chi connectivity index (χ0n) is 12.9. The highest BCUT2D eigenvalue weighted by atomic mass is 16.5. The van der Waals surface area contributed by atoms with E-state index in [0.29, 0.717) is 17.2 Å². The largest absolute Gasteiger partial charge is 0.464 e. The Labute approximate surface area is 133 Å². The van der Waals surface area contributed by atoms with Crippen LogP contribution in [-0.2, 0) is 4.74 Å². The molecule has 2 aromatic carbocycles. The minimum Gasteiger partial charge on any atom is -0.464 e. The van der Waals surface area contributed by atoms with Crippen LogP contribution in [0.15, 0.2) is 54.6 Å². The van der Waals surface area contributed by atoms with Crippen LogP contribution in [0.4, 0.5) is 0 Å². The Balaban J connectivity index is 1.81. The number of aromatic nitrogens is 2. The Morgan fingerprint density at radius 2 is 1.65 bits per heavy atom. The summed E-state index contributed by atoms with van der Waals surface area (Å²) < 4.78 is 10.5. The van der Waals surface area contributed by atoms with Crippen molar-refractivity contribution in [3.63, 3.8) is 0 Å². The van der Waals surface area contributed by atoms with Crippen LogP contribution in [0.5, 0.6) is 11.5 Å². The number of hydrogen-bond acceptors (Lipinski definition) is 4. The maximum absolute atomic E-state index is 11.6. The third-order valence-electron chi connectivity index (χ3n) is 3.37. The summed E-state index contributed by atoms with van der Waals surface area (Å²) in [6, 6.07) is 17.1. The SMILES string of the molecule is COC(=O)c1nc(-c2ccc(Oc3ccccc3)cc2)[nH]c1C. The molecule has 5 nitrogen and oxygen atoms in total. The molecule has 3 rings (SSSR count). The molecule has 5 heteroatoms. The van der Waals surface area contributed by atoms with Crippen molar-refractivity contribution >= 4 is 5.97 Å². The molecular formula is C18H16N2O3. The fourth-order valence-corrected chi connectivity index (χ4v) is 2.20. The fourth-order valence-electron chi connectivity index (χ4n) is 2.20. The molecule has 0 spiro atoms. The molecule has 0 aliphatic heterocycles. The summed E-state index contributed by atoms with van der Waals surface area (Å²) in [7, 11) is 1.34. The smallest absolute Gasteiger partial charge is 0.358 e. The van der Waals surface area contributed by atoms with Crippen LogP contribution in [0.3, 0.4) is 0 Å². The van der Waals surface area contributed by atoms with Gasteiger partial charge >= 0.3 is 5.97 Å². The normalized spacial score (nSPS) is 10.3. The van der Waals surface area contributed by atoms with Crippen molar-refractivity contribution in [2.45, 2.75) is 6.92 Å². The van der Waals surface area contributed by atoms with E-state index in [4.69, 9.17) is 9.47 Å². The zero-order valence-corrected chi connectivity index (χ0v) is 12.9. The lowest BCUT2D eigenvalue weighted by molar-refractivity contribution is 0.0594. The van der Waals surface area contributed by atoms with Crippen LogP contribution in [0.25, 0.3) is 11.4 Å². The summed E-state index contributed by atoms with van der Waals surface area (Å²) in [6.45, 7) is 1.79. The van der Waals surface area contributed by atoms with E-state index < -0.39 is 5.97 Å². The summed E-state index contributed by atoms with van der Waals surface area (Å²) in [5.74, 6) is 1.68. The van der Waals surface area contributed by atoms with E-state index in [9.17, 15) is 4.79 Å². The topological polar surface area (TPSA) is 64.2 Å². The van der Waals surface area contributed by atoms with Gasteiger partial charge in [0.2, 0.25) is 0 Å². The lowest BCUT2D eigenvalue weighted by Crippen LogP contribution is -2.03. The summed E-state index contributed by atoms with van der Waals surface area (Å²) in [5.41, 5.74) is 1.84. The van der Waals surface area contributed by atoms with Gasteiger partial charge in [-0.2, -0.15) is 0 Å². The Hall–Kier alpha value is -3.08. The molecule has 0 radical (unpaired) electrons. The van der Waals surface area contributed by atoms with E-state index in [2.05, 4.69) is 9.97 Å². The van der Waals surface area contributed by atoms with Crippen LogP contribution in [0.1, 0.15) is 16.2 Å². The number of carbonyl (C=O) groups is 1. The average molecular weight is 308 g/mol. The van der Waals surface area contributed by atoms with Gasteiger partial charge in [-0.25, -0.2) is 9.78 Å². The second-order valence-electron chi connectivity index (χ2n) is 4.99. The maximum Gasteiger partial charge on any atom is 0.358 e. The number of aromatic amines is 1. The predicted molar refractivity (Wildman–Crippen MR) is 86.6 cm³/mol. The molecule has 0 fully saturated rings. The van der Waals surface area contributed by atoms with Crippen molar-refractivity contribution in [3.8, 4) is 22.9 Å². The standard InChI is InChI=1S/C18H16N2O3/c1-12-16(18(21)22-2)20-17(19-12)13-8-10-15(11-9-13)23-14-6-4-3-5-7-14/h3-11H,1-2H3,(H,19,20). The molecular weight excluding hydrogens is 292 g/mol. The molecule has 1 heterocycles. The Morgan fingerprint density at radius 3 is 2.30 bits per heavy atom. The van der Waals surface area contributed by atoms with Gasteiger partial charge in [-0.15, -0.1) is 0 Å². The number of ether oxygens (including phenoxy) is 2. The molecule has 0 saturated heterocycles. The first kappa shape index (κ1) is 14.8. The molecule has 3 aromatic rings. The number of esters is 1. The average Bonchev–Trinajstić information content (AvgIpc) is 2.97. The van der Waals surface area contributed by atoms with Gasteiger partial charge in [0.1, 0.15) is 17.3 Å². The number of nitrogens with zero attached hydrogens (tertiary/aromatic N) is 1. The highest BCUT2D eigenvalue weighted by molar-refractivity contribution is 5.89. The second kappa shape index (κ2) is 6.36.